The summed E-state index contributed by atoms with van der Waals surface area (Å²) in [6.45, 7) is 3.80. The van der Waals surface area contributed by atoms with Crippen LogP contribution in [0, 0.1) is 18.7 Å². The molecular formula is C19H24FN3O. The van der Waals surface area contributed by atoms with Crippen LogP contribution in [0.2, 0.25) is 0 Å². The van der Waals surface area contributed by atoms with Crippen LogP contribution < -0.4 is 0 Å². The number of aryl methyl sites for hydroxylation is 2. The number of carbonyl (C=O) groups is 1. The van der Waals surface area contributed by atoms with Crippen molar-refractivity contribution in [2.75, 3.05) is 13.1 Å². The largest absolute Gasteiger partial charge is 0.341 e. The molecule has 1 aromatic carbocycles. The zero-order chi connectivity index (χ0) is 16.9. The molecule has 128 valence electrons. The van der Waals surface area contributed by atoms with E-state index < -0.39 is 0 Å². The summed E-state index contributed by atoms with van der Waals surface area (Å²) in [5, 5.41) is 4.28. The standard InChI is InChI=1S/C19H24FN3O/c1-15-10-12-23(21-15)14-19(24)22-11-4-5-16(13-22)8-9-17-6-2-3-7-18(17)20/h2-3,6-7,10,12,16H,4-5,8-9,11,13-14H2,1H3/t16-/m0/s1. The van der Waals surface area contributed by atoms with Crippen molar-refractivity contribution in [3.8, 4) is 0 Å². The molecule has 0 unspecified atom stereocenters. The number of likely N-dealkylation sites (tertiary alicyclic amines) is 1. The first kappa shape index (κ1) is 16.7. The molecule has 5 heteroatoms. The highest BCUT2D eigenvalue weighted by Crippen LogP contribution is 2.22. The lowest BCUT2D eigenvalue weighted by atomic mass is 9.91. The Hall–Kier alpha value is -2.17. The van der Waals surface area contributed by atoms with Crippen molar-refractivity contribution >= 4 is 5.91 Å². The first-order valence-corrected chi connectivity index (χ1v) is 8.63. The molecule has 24 heavy (non-hydrogen) atoms. The quantitative estimate of drug-likeness (QED) is 0.845. The van der Waals surface area contributed by atoms with Gasteiger partial charge in [-0.2, -0.15) is 5.10 Å². The molecule has 2 heterocycles. The van der Waals surface area contributed by atoms with Crippen molar-refractivity contribution in [3.63, 3.8) is 0 Å². The number of benzene rings is 1. The van der Waals surface area contributed by atoms with Gasteiger partial charge in [0.2, 0.25) is 5.91 Å². The molecule has 0 saturated carbocycles. The fourth-order valence-electron chi connectivity index (χ4n) is 3.38. The van der Waals surface area contributed by atoms with Crippen molar-refractivity contribution in [2.24, 2.45) is 5.92 Å². The highest BCUT2D eigenvalue weighted by molar-refractivity contribution is 5.76. The molecule has 1 aliphatic rings. The van der Waals surface area contributed by atoms with E-state index in [9.17, 15) is 9.18 Å². The van der Waals surface area contributed by atoms with Gasteiger partial charge in [0.15, 0.2) is 0 Å². The fraction of sp³-hybridized carbons (Fsp3) is 0.474. The summed E-state index contributed by atoms with van der Waals surface area (Å²) in [4.78, 5) is 14.4. The maximum Gasteiger partial charge on any atom is 0.244 e. The Morgan fingerprint density at radius 2 is 2.17 bits per heavy atom. The van der Waals surface area contributed by atoms with Crippen molar-refractivity contribution < 1.29 is 9.18 Å². The number of hydrogen-bond acceptors (Lipinski definition) is 2. The third kappa shape index (κ3) is 4.22. The van der Waals surface area contributed by atoms with Gasteiger partial charge in [-0.15, -0.1) is 0 Å². The highest BCUT2D eigenvalue weighted by atomic mass is 19.1. The van der Waals surface area contributed by atoms with Crippen molar-refractivity contribution in [2.45, 2.75) is 39.2 Å². The van der Waals surface area contributed by atoms with E-state index in [0.29, 0.717) is 12.5 Å². The first-order chi connectivity index (χ1) is 11.6. The topological polar surface area (TPSA) is 38.1 Å². The van der Waals surface area contributed by atoms with Crippen LogP contribution in [0.15, 0.2) is 36.5 Å². The average Bonchev–Trinajstić information content (AvgIpc) is 2.99. The van der Waals surface area contributed by atoms with E-state index >= 15 is 0 Å². The van der Waals surface area contributed by atoms with Gasteiger partial charge in [-0.3, -0.25) is 9.48 Å². The summed E-state index contributed by atoms with van der Waals surface area (Å²) in [6.07, 6.45) is 5.63. The molecule has 1 saturated heterocycles. The third-order valence-corrected chi connectivity index (χ3v) is 4.72. The second-order valence-corrected chi connectivity index (χ2v) is 6.63. The van der Waals surface area contributed by atoms with Gasteiger partial charge in [0.05, 0.1) is 5.69 Å². The van der Waals surface area contributed by atoms with E-state index in [0.717, 1.165) is 50.0 Å². The fourth-order valence-corrected chi connectivity index (χ4v) is 3.38. The van der Waals surface area contributed by atoms with Gasteiger partial charge >= 0.3 is 0 Å². The van der Waals surface area contributed by atoms with Gasteiger partial charge in [0.25, 0.3) is 0 Å². The molecule has 0 radical (unpaired) electrons. The van der Waals surface area contributed by atoms with Crippen LogP contribution in [-0.2, 0) is 17.8 Å². The molecule has 0 spiro atoms. The normalized spacial score (nSPS) is 17.9. The number of nitrogens with zero attached hydrogens (tertiary/aromatic N) is 3. The summed E-state index contributed by atoms with van der Waals surface area (Å²) in [5.41, 5.74) is 1.69. The van der Waals surface area contributed by atoms with Crippen molar-refractivity contribution in [1.29, 1.82) is 0 Å². The molecule has 1 fully saturated rings. The van der Waals surface area contributed by atoms with Crippen LogP contribution in [0.25, 0.3) is 0 Å². The molecule has 1 atom stereocenters. The van der Waals surface area contributed by atoms with Gasteiger partial charge in [0, 0.05) is 19.3 Å². The van der Waals surface area contributed by atoms with E-state index in [1.165, 1.54) is 6.07 Å². The lowest BCUT2D eigenvalue weighted by molar-refractivity contribution is -0.133. The molecule has 2 aromatic rings. The lowest BCUT2D eigenvalue weighted by Gasteiger charge is -2.33. The predicted molar refractivity (Wildman–Crippen MR) is 91.0 cm³/mol. The Kier molecular flexibility index (Phi) is 5.28. The van der Waals surface area contributed by atoms with Crippen molar-refractivity contribution in [3.05, 3.63) is 53.6 Å². The summed E-state index contributed by atoms with van der Waals surface area (Å²) in [6, 6.07) is 8.86. The SMILES string of the molecule is Cc1ccn(CC(=O)N2CCC[C@@H](CCc3ccccc3F)C2)n1. The van der Waals surface area contributed by atoms with E-state index in [-0.39, 0.29) is 11.7 Å². The molecule has 0 N–H and O–H groups in total. The maximum absolute atomic E-state index is 13.7. The van der Waals surface area contributed by atoms with Crippen LogP contribution in [0.5, 0.6) is 0 Å². The molecule has 1 aromatic heterocycles. The number of hydrogen-bond donors (Lipinski definition) is 0. The third-order valence-electron chi connectivity index (χ3n) is 4.72. The number of amides is 1. The van der Waals surface area contributed by atoms with E-state index in [1.807, 2.05) is 36.2 Å². The predicted octanol–water partition coefficient (Wildman–Crippen LogP) is 3.20. The maximum atomic E-state index is 13.7. The molecule has 3 rings (SSSR count). The summed E-state index contributed by atoms with van der Waals surface area (Å²) < 4.78 is 15.4. The number of carbonyl (C=O) groups excluding carboxylic acids is 1. The average molecular weight is 329 g/mol. The summed E-state index contributed by atoms with van der Waals surface area (Å²) in [5.74, 6) is 0.436. The van der Waals surface area contributed by atoms with Crippen LogP contribution in [-0.4, -0.2) is 33.7 Å². The van der Waals surface area contributed by atoms with E-state index in [1.54, 1.807) is 10.7 Å². The summed E-state index contributed by atoms with van der Waals surface area (Å²) >= 11 is 0. The summed E-state index contributed by atoms with van der Waals surface area (Å²) in [7, 11) is 0. The zero-order valence-corrected chi connectivity index (χ0v) is 14.1. The second kappa shape index (κ2) is 7.60. The Labute approximate surface area is 142 Å². The van der Waals surface area contributed by atoms with Crippen LogP contribution in [0.3, 0.4) is 0 Å². The van der Waals surface area contributed by atoms with Gasteiger partial charge in [-0.25, -0.2) is 4.39 Å². The number of halogens is 1. The van der Waals surface area contributed by atoms with Gasteiger partial charge in [0.1, 0.15) is 12.4 Å². The van der Waals surface area contributed by atoms with Crippen molar-refractivity contribution in [1.82, 2.24) is 14.7 Å². The van der Waals surface area contributed by atoms with E-state index in [2.05, 4.69) is 5.10 Å². The molecule has 1 amide bonds. The highest BCUT2D eigenvalue weighted by Gasteiger charge is 2.24. The molecular weight excluding hydrogens is 305 g/mol. The minimum Gasteiger partial charge on any atom is -0.341 e. The van der Waals surface area contributed by atoms with Crippen LogP contribution in [0.4, 0.5) is 4.39 Å². The van der Waals surface area contributed by atoms with Crippen LogP contribution >= 0.6 is 0 Å². The number of rotatable bonds is 5. The minimum absolute atomic E-state index is 0.119. The molecule has 0 aliphatic carbocycles. The van der Waals surface area contributed by atoms with E-state index in [4.69, 9.17) is 0 Å². The lowest BCUT2D eigenvalue weighted by Crippen LogP contribution is -2.41. The Morgan fingerprint density at radius 3 is 2.92 bits per heavy atom. The zero-order valence-electron chi connectivity index (χ0n) is 14.1. The van der Waals surface area contributed by atoms with Gasteiger partial charge < -0.3 is 4.90 Å². The second-order valence-electron chi connectivity index (χ2n) is 6.63. The van der Waals surface area contributed by atoms with Crippen LogP contribution in [0.1, 0.15) is 30.5 Å². The smallest absolute Gasteiger partial charge is 0.244 e. The monoisotopic (exact) mass is 329 g/mol. The molecule has 4 nitrogen and oxygen atoms in total. The Morgan fingerprint density at radius 1 is 1.33 bits per heavy atom. The Bertz CT molecular complexity index is 697. The molecule has 1 aliphatic heterocycles. The van der Waals surface area contributed by atoms with Gasteiger partial charge in [-0.05, 0) is 56.2 Å². The number of aromatic nitrogens is 2. The van der Waals surface area contributed by atoms with Gasteiger partial charge in [-0.1, -0.05) is 18.2 Å². The first-order valence-electron chi connectivity index (χ1n) is 8.63. The number of piperidine rings is 1. The molecule has 0 bridgehead atoms. The minimum atomic E-state index is -0.129. The Balaban J connectivity index is 1.52.